The number of carboxylic acids is 1. The van der Waals surface area contributed by atoms with Crippen LogP contribution >= 0.6 is 0 Å². The van der Waals surface area contributed by atoms with Crippen LogP contribution in [0.3, 0.4) is 0 Å². The molecule has 0 aromatic carbocycles. The number of carbonyl (C=O) groups is 2. The fourth-order valence-corrected chi connectivity index (χ4v) is 1.41. The van der Waals surface area contributed by atoms with Crippen molar-refractivity contribution in [1.29, 1.82) is 0 Å². The zero-order valence-corrected chi connectivity index (χ0v) is 10.2. The van der Waals surface area contributed by atoms with E-state index >= 15 is 0 Å². The predicted molar refractivity (Wildman–Crippen MR) is 65.1 cm³/mol. The number of aromatic nitrogens is 4. The fraction of sp³-hybridized carbons (Fsp3) is 0.182. The van der Waals surface area contributed by atoms with Gasteiger partial charge in [0, 0.05) is 6.20 Å². The van der Waals surface area contributed by atoms with Crippen LogP contribution in [0.15, 0.2) is 31.0 Å². The molecule has 0 saturated heterocycles. The zero-order chi connectivity index (χ0) is 14.5. The van der Waals surface area contributed by atoms with Gasteiger partial charge in [0.25, 0.3) is 5.91 Å². The number of rotatable bonds is 5. The average molecular weight is 277 g/mol. The highest BCUT2D eigenvalue weighted by molar-refractivity contribution is 5.96. The first kappa shape index (κ1) is 13.6. The van der Waals surface area contributed by atoms with Crippen molar-refractivity contribution in [3.05, 3.63) is 36.5 Å². The Morgan fingerprint density at radius 3 is 2.70 bits per heavy atom. The Balaban J connectivity index is 2.10. The summed E-state index contributed by atoms with van der Waals surface area (Å²) in [6.45, 7) is -0.689. The monoisotopic (exact) mass is 277 g/mol. The first-order chi connectivity index (χ1) is 9.61. The van der Waals surface area contributed by atoms with Gasteiger partial charge in [-0.1, -0.05) is 0 Å². The highest BCUT2D eigenvalue weighted by Crippen LogP contribution is 2.04. The molecule has 20 heavy (non-hydrogen) atoms. The van der Waals surface area contributed by atoms with E-state index in [0.29, 0.717) is 5.82 Å². The Labute approximate surface area is 112 Å². The number of carboxylic acid groups (broad SMARTS) is 1. The molecule has 0 radical (unpaired) electrons. The minimum absolute atomic E-state index is 0.175. The van der Waals surface area contributed by atoms with Crippen LogP contribution < -0.4 is 5.32 Å². The molecule has 0 fully saturated rings. The number of pyridine rings is 1. The van der Waals surface area contributed by atoms with E-state index in [1.165, 1.54) is 35.7 Å². The zero-order valence-electron chi connectivity index (χ0n) is 10.2. The predicted octanol–water partition coefficient (Wildman–Crippen LogP) is -1.16. The highest BCUT2D eigenvalue weighted by atomic mass is 16.4. The summed E-state index contributed by atoms with van der Waals surface area (Å²) in [6, 6.07) is 1.66. The summed E-state index contributed by atoms with van der Waals surface area (Å²) in [5, 5.41) is 23.6. The standard InChI is InChI=1S/C11H11N5O4/c17-4-8(11(19)20)15-10(18)7-1-2-9(13-3-7)16-6-12-5-14-16/h1-3,5-6,8,17H,4H2,(H,15,18)(H,19,20)/t8-/m1/s1. The van der Waals surface area contributed by atoms with Crippen LogP contribution in [0.25, 0.3) is 5.82 Å². The fourth-order valence-electron chi connectivity index (χ4n) is 1.41. The molecule has 9 heteroatoms. The van der Waals surface area contributed by atoms with Crippen molar-refractivity contribution < 1.29 is 19.8 Å². The van der Waals surface area contributed by atoms with Crippen molar-refractivity contribution in [3.8, 4) is 5.82 Å². The molecule has 0 saturated carbocycles. The van der Waals surface area contributed by atoms with E-state index in [4.69, 9.17) is 10.2 Å². The second-order valence-electron chi connectivity index (χ2n) is 3.79. The number of amides is 1. The second kappa shape index (κ2) is 5.89. The van der Waals surface area contributed by atoms with Crippen molar-refractivity contribution in [1.82, 2.24) is 25.1 Å². The van der Waals surface area contributed by atoms with Gasteiger partial charge in [0.15, 0.2) is 11.9 Å². The first-order valence-corrected chi connectivity index (χ1v) is 5.57. The SMILES string of the molecule is O=C(N[C@H](CO)C(=O)O)c1ccc(-n2cncn2)nc1. The molecule has 2 aromatic heterocycles. The molecule has 3 N–H and O–H groups in total. The Hall–Kier alpha value is -2.81. The lowest BCUT2D eigenvalue weighted by Gasteiger charge is -2.11. The minimum Gasteiger partial charge on any atom is -0.480 e. The van der Waals surface area contributed by atoms with E-state index in [2.05, 4.69) is 20.4 Å². The molecular weight excluding hydrogens is 266 g/mol. The lowest BCUT2D eigenvalue weighted by molar-refractivity contribution is -0.140. The first-order valence-electron chi connectivity index (χ1n) is 5.57. The Kier molecular flexibility index (Phi) is 4.01. The van der Waals surface area contributed by atoms with Gasteiger partial charge in [-0.2, -0.15) is 5.10 Å². The minimum atomic E-state index is -1.35. The van der Waals surface area contributed by atoms with Crippen LogP contribution in [0.2, 0.25) is 0 Å². The van der Waals surface area contributed by atoms with Crippen LogP contribution in [-0.2, 0) is 4.79 Å². The van der Waals surface area contributed by atoms with E-state index in [-0.39, 0.29) is 5.56 Å². The number of carbonyl (C=O) groups excluding carboxylic acids is 1. The molecule has 0 bridgehead atoms. The van der Waals surface area contributed by atoms with Crippen molar-refractivity contribution in [3.63, 3.8) is 0 Å². The molecule has 2 heterocycles. The van der Waals surface area contributed by atoms with E-state index in [1.807, 2.05) is 0 Å². The molecule has 2 aromatic rings. The summed E-state index contributed by atoms with van der Waals surface area (Å²) in [5.41, 5.74) is 0.175. The van der Waals surface area contributed by atoms with Gasteiger partial charge in [-0.25, -0.2) is 19.4 Å². The average Bonchev–Trinajstić information content (AvgIpc) is 2.98. The summed E-state index contributed by atoms with van der Waals surface area (Å²) in [6.07, 6.45) is 4.08. The summed E-state index contributed by atoms with van der Waals surface area (Å²) in [5.74, 6) is -1.48. The normalized spacial score (nSPS) is 11.8. The van der Waals surface area contributed by atoms with E-state index in [0.717, 1.165) is 0 Å². The quantitative estimate of drug-likeness (QED) is 0.628. The maximum Gasteiger partial charge on any atom is 0.328 e. The summed E-state index contributed by atoms with van der Waals surface area (Å²) < 4.78 is 1.41. The largest absolute Gasteiger partial charge is 0.480 e. The topological polar surface area (TPSA) is 130 Å². The summed E-state index contributed by atoms with van der Waals surface area (Å²) in [4.78, 5) is 30.2. The molecule has 0 aliphatic heterocycles. The smallest absolute Gasteiger partial charge is 0.328 e. The van der Waals surface area contributed by atoms with E-state index < -0.39 is 24.5 Å². The molecule has 0 aliphatic carbocycles. The van der Waals surface area contributed by atoms with Crippen LogP contribution in [0.1, 0.15) is 10.4 Å². The molecular formula is C11H11N5O4. The van der Waals surface area contributed by atoms with E-state index in [1.54, 1.807) is 0 Å². The van der Waals surface area contributed by atoms with Crippen molar-refractivity contribution in [2.75, 3.05) is 6.61 Å². The Bertz CT molecular complexity index is 596. The van der Waals surface area contributed by atoms with Crippen molar-refractivity contribution >= 4 is 11.9 Å². The van der Waals surface area contributed by atoms with Crippen LogP contribution in [0, 0.1) is 0 Å². The third-order valence-corrected chi connectivity index (χ3v) is 2.45. The Morgan fingerprint density at radius 1 is 1.40 bits per heavy atom. The van der Waals surface area contributed by atoms with Crippen molar-refractivity contribution in [2.45, 2.75) is 6.04 Å². The molecule has 2 rings (SSSR count). The van der Waals surface area contributed by atoms with Crippen molar-refractivity contribution in [2.24, 2.45) is 0 Å². The maximum absolute atomic E-state index is 11.8. The number of nitrogens with one attached hydrogen (secondary N) is 1. The number of aliphatic hydroxyl groups is 1. The third kappa shape index (κ3) is 2.95. The summed E-state index contributed by atoms with van der Waals surface area (Å²) in [7, 11) is 0. The molecule has 0 aliphatic rings. The number of hydrogen-bond donors (Lipinski definition) is 3. The Morgan fingerprint density at radius 2 is 2.20 bits per heavy atom. The van der Waals surface area contributed by atoms with E-state index in [9.17, 15) is 9.59 Å². The molecule has 104 valence electrons. The van der Waals surface area contributed by atoms with Gasteiger partial charge in [-0.15, -0.1) is 0 Å². The van der Waals surface area contributed by atoms with Gasteiger partial charge in [0.05, 0.1) is 12.2 Å². The number of nitrogens with zero attached hydrogens (tertiary/aromatic N) is 4. The molecule has 0 spiro atoms. The molecule has 0 unspecified atom stereocenters. The molecule has 1 amide bonds. The number of aliphatic hydroxyl groups excluding tert-OH is 1. The highest BCUT2D eigenvalue weighted by Gasteiger charge is 2.19. The van der Waals surface area contributed by atoms with Gasteiger partial charge in [-0.3, -0.25) is 4.79 Å². The number of hydrogen-bond acceptors (Lipinski definition) is 6. The van der Waals surface area contributed by atoms with Crippen LogP contribution in [-0.4, -0.2) is 54.5 Å². The lowest BCUT2D eigenvalue weighted by atomic mass is 10.2. The molecule has 9 nitrogen and oxygen atoms in total. The van der Waals surface area contributed by atoms with Crippen LogP contribution in [0.4, 0.5) is 0 Å². The third-order valence-electron chi connectivity index (χ3n) is 2.45. The van der Waals surface area contributed by atoms with Gasteiger partial charge in [-0.05, 0) is 12.1 Å². The summed E-state index contributed by atoms with van der Waals surface area (Å²) >= 11 is 0. The second-order valence-corrected chi connectivity index (χ2v) is 3.79. The van der Waals surface area contributed by atoms with Gasteiger partial charge >= 0.3 is 5.97 Å². The van der Waals surface area contributed by atoms with Gasteiger partial charge < -0.3 is 15.5 Å². The lowest BCUT2D eigenvalue weighted by Crippen LogP contribution is -2.43. The maximum atomic E-state index is 11.8. The van der Waals surface area contributed by atoms with Crippen LogP contribution in [0.5, 0.6) is 0 Å². The molecule has 1 atom stereocenters. The van der Waals surface area contributed by atoms with Gasteiger partial charge in [0.1, 0.15) is 12.7 Å². The number of aliphatic carboxylic acids is 1. The van der Waals surface area contributed by atoms with Gasteiger partial charge in [0.2, 0.25) is 0 Å².